The van der Waals surface area contributed by atoms with Crippen LogP contribution in [0.15, 0.2) is 24.3 Å². The zero-order valence-corrected chi connectivity index (χ0v) is 16.2. The minimum Gasteiger partial charge on any atom is -0.481 e. The van der Waals surface area contributed by atoms with Crippen LogP contribution in [0.1, 0.15) is 51.4 Å². The van der Waals surface area contributed by atoms with E-state index in [1.54, 1.807) is 24.3 Å². The maximum Gasteiger partial charge on any atom is 0.319 e. The van der Waals surface area contributed by atoms with E-state index in [9.17, 15) is 14.0 Å². The number of amides is 2. The number of unbranched alkanes of at least 4 members (excludes halogenated alkanes) is 3. The van der Waals surface area contributed by atoms with Crippen molar-refractivity contribution in [2.75, 3.05) is 11.9 Å². The van der Waals surface area contributed by atoms with E-state index in [4.69, 9.17) is 16.7 Å². The van der Waals surface area contributed by atoms with Crippen LogP contribution in [0, 0.1) is 11.8 Å². The number of carboxylic acids is 1. The number of urea groups is 1. The Bertz CT molecular complexity index is 612. The van der Waals surface area contributed by atoms with Crippen molar-refractivity contribution in [1.82, 2.24) is 5.32 Å². The largest absolute Gasteiger partial charge is 0.481 e. The van der Waals surface area contributed by atoms with Crippen LogP contribution >= 0.6 is 11.6 Å². The minimum atomic E-state index is -0.810. The minimum absolute atomic E-state index is 0.0275. The van der Waals surface area contributed by atoms with E-state index in [0.717, 1.165) is 32.1 Å². The zero-order chi connectivity index (χ0) is 19.6. The fourth-order valence-corrected chi connectivity index (χ4v) is 3.83. The van der Waals surface area contributed by atoms with Gasteiger partial charge in [0.05, 0.1) is 0 Å². The Morgan fingerprint density at radius 2 is 1.81 bits per heavy atom. The Morgan fingerprint density at radius 1 is 1.11 bits per heavy atom. The van der Waals surface area contributed by atoms with E-state index in [0.29, 0.717) is 30.1 Å². The summed E-state index contributed by atoms with van der Waals surface area (Å²) in [4.78, 5) is 22.5. The number of alkyl halides is 1. The summed E-state index contributed by atoms with van der Waals surface area (Å²) in [7, 11) is 0. The first-order valence-corrected chi connectivity index (χ1v) is 10.00. The summed E-state index contributed by atoms with van der Waals surface area (Å²) in [5.74, 6) is -0.645. The van der Waals surface area contributed by atoms with E-state index in [1.165, 1.54) is 0 Å². The molecular formula is C20H28ClFN2O3. The molecule has 27 heavy (non-hydrogen) atoms. The normalized spacial score (nSPS) is 21.8. The number of anilines is 1. The van der Waals surface area contributed by atoms with Crippen LogP contribution in [-0.2, 0) is 4.79 Å². The lowest BCUT2D eigenvalue weighted by atomic mass is 9.89. The van der Waals surface area contributed by atoms with Gasteiger partial charge in [0.2, 0.25) is 0 Å². The Labute approximate surface area is 164 Å². The fraction of sp³-hybridized carbons (Fsp3) is 0.600. The molecule has 0 heterocycles. The van der Waals surface area contributed by atoms with Crippen molar-refractivity contribution in [3.63, 3.8) is 0 Å². The van der Waals surface area contributed by atoms with Crippen molar-refractivity contribution in [2.24, 2.45) is 11.8 Å². The first-order valence-electron chi connectivity index (χ1n) is 9.62. The number of carbonyl (C=O) groups is 2. The number of carboxylic acid groups (broad SMARTS) is 1. The molecule has 1 aliphatic rings. The van der Waals surface area contributed by atoms with Gasteiger partial charge in [0, 0.05) is 23.7 Å². The van der Waals surface area contributed by atoms with Gasteiger partial charge < -0.3 is 15.7 Å². The number of nitrogens with one attached hydrogen (secondary N) is 2. The monoisotopic (exact) mass is 398 g/mol. The van der Waals surface area contributed by atoms with E-state index in [1.807, 2.05) is 0 Å². The lowest BCUT2D eigenvalue weighted by Gasteiger charge is -2.21. The number of aliphatic carboxylic acids is 1. The summed E-state index contributed by atoms with van der Waals surface area (Å²) >= 11 is 5.82. The lowest BCUT2D eigenvalue weighted by molar-refractivity contribution is -0.137. The SMILES string of the molecule is O=C(O)CCCCCC[C@@H]1[C@@H](CNC(=O)Nc2ccc(Cl)cc2)CC[C@H]1F. The second-order valence-corrected chi connectivity index (χ2v) is 7.64. The molecule has 0 bridgehead atoms. The summed E-state index contributed by atoms with van der Waals surface area (Å²) in [6.07, 6.45) is 4.88. The predicted octanol–water partition coefficient (Wildman–Crippen LogP) is 5.25. The molecule has 5 nitrogen and oxygen atoms in total. The van der Waals surface area contributed by atoms with Gasteiger partial charge in [-0.3, -0.25) is 4.79 Å². The number of hydrogen-bond acceptors (Lipinski definition) is 2. The summed E-state index contributed by atoms with van der Waals surface area (Å²) in [5, 5.41) is 14.8. The quantitative estimate of drug-likeness (QED) is 0.471. The third-order valence-corrected chi connectivity index (χ3v) is 5.44. The highest BCUT2D eigenvalue weighted by Crippen LogP contribution is 2.37. The number of halogens is 2. The molecule has 0 radical (unpaired) electrons. The highest BCUT2D eigenvalue weighted by atomic mass is 35.5. The Hall–Kier alpha value is -1.82. The summed E-state index contributed by atoms with van der Waals surface area (Å²) in [6, 6.07) is 6.56. The molecule has 3 atom stereocenters. The maximum atomic E-state index is 14.2. The average molecular weight is 399 g/mol. The summed E-state index contributed by atoms with van der Waals surface area (Å²) < 4.78 is 14.2. The Morgan fingerprint density at radius 3 is 2.52 bits per heavy atom. The molecular weight excluding hydrogens is 371 g/mol. The van der Waals surface area contributed by atoms with Crippen molar-refractivity contribution >= 4 is 29.3 Å². The van der Waals surface area contributed by atoms with Crippen LogP contribution in [0.5, 0.6) is 0 Å². The van der Waals surface area contributed by atoms with Gasteiger partial charge in [0.1, 0.15) is 6.17 Å². The van der Waals surface area contributed by atoms with Crippen molar-refractivity contribution in [3.8, 4) is 0 Å². The first kappa shape index (κ1) is 21.5. The van der Waals surface area contributed by atoms with Gasteiger partial charge >= 0.3 is 12.0 Å². The van der Waals surface area contributed by atoms with Crippen molar-refractivity contribution in [3.05, 3.63) is 29.3 Å². The molecule has 1 aromatic rings. The molecule has 2 rings (SSSR count). The highest BCUT2D eigenvalue weighted by molar-refractivity contribution is 6.30. The first-order chi connectivity index (χ1) is 13.0. The molecule has 150 valence electrons. The molecule has 2 amide bonds. The number of carbonyl (C=O) groups excluding carboxylic acids is 1. The van der Waals surface area contributed by atoms with Gasteiger partial charge in [-0.05, 0) is 61.8 Å². The van der Waals surface area contributed by atoms with Gasteiger partial charge in [-0.2, -0.15) is 0 Å². The summed E-state index contributed by atoms with van der Waals surface area (Å²) in [5.41, 5.74) is 0.657. The van der Waals surface area contributed by atoms with E-state index in [-0.39, 0.29) is 24.3 Å². The number of hydrogen-bond donors (Lipinski definition) is 3. The average Bonchev–Trinajstić information content (AvgIpc) is 2.98. The van der Waals surface area contributed by atoms with Crippen LogP contribution in [0.25, 0.3) is 0 Å². The predicted molar refractivity (Wildman–Crippen MR) is 105 cm³/mol. The van der Waals surface area contributed by atoms with Gasteiger partial charge in [-0.25, -0.2) is 9.18 Å². The standard InChI is InChI=1S/C20H28ClFN2O3/c21-15-8-10-16(11-9-15)24-20(27)23-13-14-7-12-18(22)17(14)5-3-1-2-4-6-19(25)26/h8-11,14,17-18H,1-7,12-13H2,(H,25,26)(H2,23,24,27)/t14-,17-,18-/m1/s1. The van der Waals surface area contributed by atoms with Crippen LogP contribution < -0.4 is 10.6 Å². The second-order valence-electron chi connectivity index (χ2n) is 7.21. The lowest BCUT2D eigenvalue weighted by Crippen LogP contribution is -2.35. The van der Waals surface area contributed by atoms with E-state index >= 15 is 0 Å². The third-order valence-electron chi connectivity index (χ3n) is 5.19. The van der Waals surface area contributed by atoms with Gasteiger partial charge in [0.25, 0.3) is 0 Å². The van der Waals surface area contributed by atoms with Crippen LogP contribution in [0.4, 0.5) is 14.9 Å². The van der Waals surface area contributed by atoms with Crippen LogP contribution in [0.3, 0.4) is 0 Å². The smallest absolute Gasteiger partial charge is 0.319 e. The number of benzene rings is 1. The van der Waals surface area contributed by atoms with Gasteiger partial charge in [-0.1, -0.05) is 30.9 Å². The van der Waals surface area contributed by atoms with Crippen molar-refractivity contribution in [2.45, 2.75) is 57.5 Å². The van der Waals surface area contributed by atoms with Gasteiger partial charge in [-0.15, -0.1) is 0 Å². The number of rotatable bonds is 10. The fourth-order valence-electron chi connectivity index (χ4n) is 3.71. The van der Waals surface area contributed by atoms with Crippen LogP contribution in [-0.4, -0.2) is 29.8 Å². The molecule has 1 fully saturated rings. The molecule has 0 saturated heterocycles. The van der Waals surface area contributed by atoms with E-state index in [2.05, 4.69) is 10.6 Å². The molecule has 1 saturated carbocycles. The molecule has 0 unspecified atom stereocenters. The molecule has 0 spiro atoms. The molecule has 3 N–H and O–H groups in total. The van der Waals surface area contributed by atoms with Crippen molar-refractivity contribution < 1.29 is 19.1 Å². The Kier molecular flexibility index (Phi) is 8.85. The molecule has 0 aromatic heterocycles. The zero-order valence-electron chi connectivity index (χ0n) is 15.4. The third kappa shape index (κ3) is 7.75. The maximum absolute atomic E-state index is 14.2. The van der Waals surface area contributed by atoms with Crippen molar-refractivity contribution in [1.29, 1.82) is 0 Å². The second kappa shape index (κ2) is 11.1. The molecule has 1 aromatic carbocycles. The summed E-state index contributed by atoms with van der Waals surface area (Å²) in [6.45, 7) is 0.462. The molecule has 1 aliphatic carbocycles. The highest BCUT2D eigenvalue weighted by Gasteiger charge is 2.35. The van der Waals surface area contributed by atoms with Gasteiger partial charge in [0.15, 0.2) is 0 Å². The van der Waals surface area contributed by atoms with Crippen LogP contribution in [0.2, 0.25) is 5.02 Å². The van der Waals surface area contributed by atoms with E-state index < -0.39 is 12.1 Å². The molecule has 7 heteroatoms. The molecule has 0 aliphatic heterocycles. The Balaban J connectivity index is 1.68. The topological polar surface area (TPSA) is 78.4 Å².